The Hall–Kier alpha value is -1.85. The van der Waals surface area contributed by atoms with Crippen LogP contribution in [-0.2, 0) is 9.53 Å². The molecule has 1 aliphatic heterocycles. The number of carbonyl (C=O) groups excluding carboxylic acids is 1. The molecule has 0 atom stereocenters. The van der Waals surface area contributed by atoms with E-state index >= 15 is 0 Å². The first-order chi connectivity index (χ1) is 9.79. The van der Waals surface area contributed by atoms with Crippen LogP contribution in [0.4, 0.5) is 0 Å². The minimum Gasteiger partial charge on any atom is -0.402 e. The van der Waals surface area contributed by atoms with Crippen LogP contribution in [0.2, 0.25) is 0 Å². The average molecular weight is 301 g/mol. The summed E-state index contributed by atoms with van der Waals surface area (Å²) >= 11 is 3.09. The maximum Gasteiger partial charge on any atom is 0.365 e. The molecule has 0 aliphatic carbocycles. The lowest BCUT2D eigenvalue weighted by Crippen LogP contribution is -2.05. The van der Waals surface area contributed by atoms with Gasteiger partial charge in [0.1, 0.15) is 0 Å². The third-order valence-electron chi connectivity index (χ3n) is 2.78. The lowest BCUT2D eigenvalue weighted by Gasteiger charge is -2.00. The molecule has 1 aromatic heterocycles. The number of benzene rings is 1. The molecule has 0 N–H and O–H groups in total. The van der Waals surface area contributed by atoms with E-state index < -0.39 is 0 Å². The van der Waals surface area contributed by atoms with Crippen molar-refractivity contribution in [2.75, 3.05) is 6.26 Å². The molecule has 3 nitrogen and oxygen atoms in total. The summed E-state index contributed by atoms with van der Waals surface area (Å²) in [6.45, 7) is 0. The van der Waals surface area contributed by atoms with E-state index in [2.05, 4.69) is 4.99 Å². The number of rotatable bonds is 3. The molecule has 0 bridgehead atoms. The maximum absolute atomic E-state index is 12.1. The molecule has 0 amide bonds. The molecule has 5 heteroatoms. The Kier molecular flexibility index (Phi) is 3.71. The first-order valence-corrected chi connectivity index (χ1v) is 8.08. The number of thiophene rings is 1. The molecule has 2 heterocycles. The van der Waals surface area contributed by atoms with Gasteiger partial charge >= 0.3 is 5.97 Å². The second kappa shape index (κ2) is 5.64. The molecule has 0 fully saturated rings. The van der Waals surface area contributed by atoms with E-state index in [-0.39, 0.29) is 5.97 Å². The Labute approximate surface area is 125 Å². The van der Waals surface area contributed by atoms with Crippen molar-refractivity contribution >= 4 is 39.9 Å². The number of carbonyl (C=O) groups is 1. The molecule has 100 valence electrons. The largest absolute Gasteiger partial charge is 0.402 e. The zero-order chi connectivity index (χ0) is 13.9. The summed E-state index contributed by atoms with van der Waals surface area (Å²) < 4.78 is 5.29. The molecule has 1 aliphatic rings. The molecular weight excluding hydrogens is 290 g/mol. The molecule has 0 radical (unpaired) electrons. The number of cyclic esters (lactones) is 1. The van der Waals surface area contributed by atoms with Gasteiger partial charge in [0.2, 0.25) is 5.90 Å². The number of hydrogen-bond acceptors (Lipinski definition) is 5. The van der Waals surface area contributed by atoms with E-state index in [1.165, 1.54) is 11.8 Å². The summed E-state index contributed by atoms with van der Waals surface area (Å²) in [5.41, 5.74) is 1.20. The van der Waals surface area contributed by atoms with E-state index in [0.717, 1.165) is 15.3 Å². The number of nitrogens with zero attached hydrogens (tertiary/aromatic N) is 1. The zero-order valence-corrected chi connectivity index (χ0v) is 12.3. The third kappa shape index (κ3) is 2.42. The highest BCUT2D eigenvalue weighted by Gasteiger charge is 2.28. The smallest absolute Gasteiger partial charge is 0.365 e. The predicted molar refractivity (Wildman–Crippen MR) is 83.8 cm³/mol. The number of hydrogen-bond donors (Lipinski definition) is 0. The summed E-state index contributed by atoms with van der Waals surface area (Å²) in [5, 5.41) is 1.98. The first kappa shape index (κ1) is 13.1. The van der Waals surface area contributed by atoms with Crippen molar-refractivity contribution in [2.45, 2.75) is 0 Å². The molecule has 3 rings (SSSR count). The normalized spacial score (nSPS) is 16.9. The van der Waals surface area contributed by atoms with Crippen molar-refractivity contribution in [3.63, 3.8) is 0 Å². The van der Waals surface area contributed by atoms with Crippen molar-refractivity contribution in [3.05, 3.63) is 64.0 Å². The average Bonchev–Trinajstić information content (AvgIpc) is 3.12. The zero-order valence-electron chi connectivity index (χ0n) is 10.7. The standard InChI is InChI=1S/C15H11NO2S2/c1-19-13(11-8-5-9-20-11)12-15(17)18-14(16-12)10-6-3-2-4-7-10/h2-9H,1H3/b13-12+. The summed E-state index contributed by atoms with van der Waals surface area (Å²) in [6.07, 6.45) is 1.94. The van der Waals surface area contributed by atoms with E-state index in [9.17, 15) is 4.79 Å². The summed E-state index contributed by atoms with van der Waals surface area (Å²) in [5.74, 6) is -0.0182. The number of thioether (sulfide) groups is 1. The molecule has 1 aromatic carbocycles. The van der Waals surface area contributed by atoms with E-state index in [4.69, 9.17) is 4.74 Å². The van der Waals surface area contributed by atoms with Gasteiger partial charge in [0.05, 0.1) is 4.91 Å². The van der Waals surface area contributed by atoms with Crippen LogP contribution in [0, 0.1) is 0 Å². The van der Waals surface area contributed by atoms with Crippen LogP contribution in [0.1, 0.15) is 10.4 Å². The topological polar surface area (TPSA) is 38.7 Å². The molecule has 20 heavy (non-hydrogen) atoms. The minimum atomic E-state index is -0.387. The van der Waals surface area contributed by atoms with Crippen molar-refractivity contribution in [2.24, 2.45) is 4.99 Å². The predicted octanol–water partition coefficient (Wildman–Crippen LogP) is 3.78. The van der Waals surface area contributed by atoms with Gasteiger partial charge in [-0.25, -0.2) is 9.79 Å². The Morgan fingerprint density at radius 3 is 2.65 bits per heavy atom. The second-order valence-corrected chi connectivity index (χ2v) is 5.80. The van der Waals surface area contributed by atoms with E-state index in [1.54, 1.807) is 11.3 Å². The quantitative estimate of drug-likeness (QED) is 0.639. The van der Waals surface area contributed by atoms with Gasteiger partial charge in [-0.05, 0) is 29.8 Å². The maximum atomic E-state index is 12.1. The molecule has 0 saturated heterocycles. The Morgan fingerprint density at radius 1 is 1.20 bits per heavy atom. The van der Waals surface area contributed by atoms with Crippen molar-refractivity contribution in [1.29, 1.82) is 0 Å². The Balaban J connectivity index is 2.06. The Bertz CT molecular complexity index is 688. The molecule has 0 saturated carbocycles. The molecule has 0 spiro atoms. The van der Waals surface area contributed by atoms with Gasteiger partial charge in [-0.15, -0.1) is 23.1 Å². The number of esters is 1. The third-order valence-corrected chi connectivity index (χ3v) is 4.62. The van der Waals surface area contributed by atoms with E-state index in [0.29, 0.717) is 11.6 Å². The van der Waals surface area contributed by atoms with Crippen LogP contribution in [0.15, 0.2) is 58.5 Å². The highest BCUT2D eigenvalue weighted by molar-refractivity contribution is 8.07. The van der Waals surface area contributed by atoms with Crippen LogP contribution in [0.5, 0.6) is 0 Å². The van der Waals surface area contributed by atoms with Gasteiger partial charge < -0.3 is 4.74 Å². The van der Waals surface area contributed by atoms with Gasteiger partial charge in [0.25, 0.3) is 0 Å². The molecule has 0 unspecified atom stereocenters. The lowest BCUT2D eigenvalue weighted by molar-refractivity contribution is -0.129. The van der Waals surface area contributed by atoms with Crippen molar-refractivity contribution < 1.29 is 9.53 Å². The van der Waals surface area contributed by atoms with Gasteiger partial charge in [-0.3, -0.25) is 0 Å². The fourth-order valence-corrected chi connectivity index (χ4v) is 3.53. The second-order valence-electron chi connectivity index (χ2n) is 4.03. The fraction of sp³-hybridized carbons (Fsp3) is 0.0667. The highest BCUT2D eigenvalue weighted by Crippen LogP contribution is 2.35. The van der Waals surface area contributed by atoms with E-state index in [1.807, 2.05) is 54.1 Å². The Morgan fingerprint density at radius 2 is 2.00 bits per heavy atom. The van der Waals surface area contributed by atoms with Crippen LogP contribution < -0.4 is 0 Å². The van der Waals surface area contributed by atoms with Gasteiger partial charge in [-0.1, -0.05) is 24.3 Å². The fourth-order valence-electron chi connectivity index (χ4n) is 1.88. The monoisotopic (exact) mass is 301 g/mol. The summed E-state index contributed by atoms with van der Waals surface area (Å²) in [6, 6.07) is 13.4. The van der Waals surface area contributed by atoms with Crippen molar-refractivity contribution in [1.82, 2.24) is 0 Å². The van der Waals surface area contributed by atoms with Crippen LogP contribution in [-0.4, -0.2) is 18.1 Å². The number of aliphatic imine (C=N–C) groups is 1. The lowest BCUT2D eigenvalue weighted by atomic mass is 10.2. The molecule has 2 aromatic rings. The summed E-state index contributed by atoms with van der Waals surface area (Å²) in [4.78, 5) is 18.3. The van der Waals surface area contributed by atoms with Gasteiger partial charge in [0.15, 0.2) is 5.70 Å². The van der Waals surface area contributed by atoms with Crippen LogP contribution >= 0.6 is 23.1 Å². The molecular formula is C15H11NO2S2. The summed E-state index contributed by atoms with van der Waals surface area (Å²) in [7, 11) is 0. The van der Waals surface area contributed by atoms with Crippen molar-refractivity contribution in [3.8, 4) is 0 Å². The highest BCUT2D eigenvalue weighted by atomic mass is 32.2. The van der Waals surface area contributed by atoms with Crippen LogP contribution in [0.25, 0.3) is 4.91 Å². The van der Waals surface area contributed by atoms with Gasteiger partial charge in [0, 0.05) is 10.4 Å². The minimum absolute atomic E-state index is 0.369. The first-order valence-electron chi connectivity index (χ1n) is 5.98. The van der Waals surface area contributed by atoms with Gasteiger partial charge in [-0.2, -0.15) is 0 Å². The number of ether oxygens (including phenoxy) is 1. The SMILES string of the molecule is CS/C(=C1/N=C(c2ccccc2)OC1=O)c1cccs1. The van der Waals surface area contributed by atoms with Crippen LogP contribution in [0.3, 0.4) is 0 Å².